The molecule has 4 atom stereocenters. The van der Waals surface area contributed by atoms with Gasteiger partial charge in [0.2, 0.25) is 0 Å². The summed E-state index contributed by atoms with van der Waals surface area (Å²) in [5.41, 5.74) is -2.87. The molecule has 4 N–H and O–H groups in total. The maximum absolute atomic E-state index is 12.8. The number of aromatic hydroxyl groups is 1. The molecule has 34 heavy (non-hydrogen) atoms. The van der Waals surface area contributed by atoms with Crippen LogP contribution in [0.4, 0.5) is 0 Å². The number of hydrogen-bond acceptors (Lipinski definition) is 11. The number of aliphatic hydroxyl groups excluding tert-OH is 2. The van der Waals surface area contributed by atoms with E-state index in [1.165, 1.54) is 33.3 Å². The molecule has 0 unspecified atom stereocenters. The zero-order chi connectivity index (χ0) is 25.1. The minimum Gasteiger partial charge on any atom is -0.506 e. The largest absolute Gasteiger partial charge is 0.506 e. The highest BCUT2D eigenvalue weighted by Gasteiger charge is 2.61. The van der Waals surface area contributed by atoms with Crippen molar-refractivity contribution in [1.29, 1.82) is 0 Å². The fraction of sp³-hybridized carbons (Fsp3) is 0.348. The molecule has 1 aliphatic heterocycles. The molecule has 0 aromatic heterocycles. The molecule has 0 amide bonds. The summed E-state index contributed by atoms with van der Waals surface area (Å²) < 4.78 is 20.3. The molecule has 0 bridgehead atoms. The van der Waals surface area contributed by atoms with Gasteiger partial charge in [-0.3, -0.25) is 4.79 Å². The Labute approximate surface area is 192 Å². The average molecular weight is 474 g/mol. The third-order valence-electron chi connectivity index (χ3n) is 6.32. The van der Waals surface area contributed by atoms with Crippen LogP contribution in [0.3, 0.4) is 0 Å². The second kappa shape index (κ2) is 7.97. The van der Waals surface area contributed by atoms with Gasteiger partial charge in [-0.25, -0.2) is 9.59 Å². The Bertz CT molecular complexity index is 1280. The number of ether oxygens (including phenoxy) is 4. The van der Waals surface area contributed by atoms with Gasteiger partial charge in [0.1, 0.15) is 34.5 Å². The number of carbonyl (C=O) groups excluding carboxylic acids is 3. The van der Waals surface area contributed by atoms with E-state index in [1.54, 1.807) is 0 Å². The van der Waals surface area contributed by atoms with Crippen molar-refractivity contribution >= 4 is 28.5 Å². The topological polar surface area (TPSA) is 169 Å². The average Bonchev–Trinajstić information content (AvgIpc) is 3.15. The van der Waals surface area contributed by atoms with Crippen molar-refractivity contribution in [3.63, 3.8) is 0 Å². The molecule has 180 valence electrons. The Morgan fingerprint density at radius 3 is 2.35 bits per heavy atom. The van der Waals surface area contributed by atoms with Crippen molar-refractivity contribution in [2.75, 3.05) is 21.3 Å². The summed E-state index contributed by atoms with van der Waals surface area (Å²) in [6, 6.07) is 2.79. The summed E-state index contributed by atoms with van der Waals surface area (Å²) in [5, 5.41) is 44.0. The van der Waals surface area contributed by atoms with Crippen LogP contribution in [-0.4, -0.2) is 77.3 Å². The zero-order valence-electron chi connectivity index (χ0n) is 18.6. The number of phenolic OH excluding ortho intramolecular Hbond substituents is 1. The van der Waals surface area contributed by atoms with Crippen LogP contribution in [-0.2, 0) is 19.0 Å². The Morgan fingerprint density at radius 1 is 1.09 bits per heavy atom. The molecule has 0 fully saturated rings. The monoisotopic (exact) mass is 474 g/mol. The summed E-state index contributed by atoms with van der Waals surface area (Å²) in [6.45, 7) is 1.53. The van der Waals surface area contributed by atoms with E-state index in [9.17, 15) is 34.8 Å². The van der Waals surface area contributed by atoms with Crippen LogP contribution < -0.4 is 4.74 Å². The number of aliphatic hydroxyl groups is 3. The van der Waals surface area contributed by atoms with Gasteiger partial charge in [0.15, 0.2) is 23.6 Å². The van der Waals surface area contributed by atoms with Gasteiger partial charge in [0.05, 0.1) is 21.3 Å². The van der Waals surface area contributed by atoms with E-state index >= 15 is 0 Å². The highest BCUT2D eigenvalue weighted by molar-refractivity contribution is 6.09. The van der Waals surface area contributed by atoms with Gasteiger partial charge in [-0.15, -0.1) is 0 Å². The first-order valence-corrected chi connectivity index (χ1v) is 10.1. The molecule has 4 rings (SSSR count). The highest BCUT2D eigenvalue weighted by Crippen LogP contribution is 2.50. The number of esters is 2. The van der Waals surface area contributed by atoms with E-state index in [2.05, 4.69) is 0 Å². The van der Waals surface area contributed by atoms with Crippen LogP contribution in [0.15, 0.2) is 24.0 Å². The number of aryl methyl sites for hydroxylation is 1. The lowest BCUT2D eigenvalue weighted by Gasteiger charge is -2.42. The molecule has 2 aromatic rings. The number of phenols is 1. The van der Waals surface area contributed by atoms with Crippen molar-refractivity contribution in [2.24, 2.45) is 0 Å². The minimum atomic E-state index is -2.72. The summed E-state index contributed by atoms with van der Waals surface area (Å²) in [5.74, 6) is -3.54. The number of hydrogen-bond donors (Lipinski definition) is 4. The molecule has 0 radical (unpaired) electrons. The molecular formula is C23H22O11. The highest BCUT2D eigenvalue weighted by atomic mass is 16.6. The van der Waals surface area contributed by atoms with E-state index in [1.807, 2.05) is 0 Å². The molecule has 0 spiro atoms. The van der Waals surface area contributed by atoms with E-state index < -0.39 is 47.4 Å². The molecule has 0 saturated carbocycles. The first kappa shape index (κ1) is 23.5. The number of cyclic esters (lactones) is 1. The van der Waals surface area contributed by atoms with E-state index in [-0.39, 0.29) is 39.1 Å². The Morgan fingerprint density at radius 2 is 1.76 bits per heavy atom. The minimum absolute atomic E-state index is 0.0351. The quantitative estimate of drug-likeness (QED) is 0.453. The molecule has 1 heterocycles. The lowest BCUT2D eigenvalue weighted by atomic mass is 9.75. The summed E-state index contributed by atoms with van der Waals surface area (Å²) in [6.07, 6.45) is -5.02. The fourth-order valence-electron chi connectivity index (χ4n) is 4.61. The third-order valence-corrected chi connectivity index (χ3v) is 6.32. The van der Waals surface area contributed by atoms with Crippen molar-refractivity contribution in [3.8, 4) is 11.5 Å². The van der Waals surface area contributed by atoms with Gasteiger partial charge in [-0.05, 0) is 30.0 Å². The number of ketones is 1. The molecule has 11 nitrogen and oxygen atoms in total. The maximum Gasteiger partial charge on any atom is 0.343 e. The first-order valence-electron chi connectivity index (χ1n) is 10.1. The smallest absolute Gasteiger partial charge is 0.343 e. The summed E-state index contributed by atoms with van der Waals surface area (Å²) in [7, 11) is 3.67. The van der Waals surface area contributed by atoms with Crippen molar-refractivity contribution in [1.82, 2.24) is 0 Å². The molecular weight excluding hydrogens is 452 g/mol. The molecule has 2 aliphatic rings. The number of rotatable bonds is 4. The van der Waals surface area contributed by atoms with Crippen molar-refractivity contribution in [2.45, 2.75) is 30.8 Å². The van der Waals surface area contributed by atoms with Crippen LogP contribution in [0.1, 0.15) is 37.9 Å². The standard InChI is InChI=1S/C23H22O11/c1-8-14-9(6-12(31-2)15(8)21(28)33-4)5-10-16(17(14)25)22(29)34-20(10)23(30)18(26)11(24)7-13(32-3)19(23)27/h5-7,18-20,25-27,30H,1-4H3/t18-,19+,20-,23-/m0/s1. The Balaban J connectivity index is 2.00. The van der Waals surface area contributed by atoms with E-state index in [4.69, 9.17) is 18.9 Å². The van der Waals surface area contributed by atoms with E-state index in [0.717, 1.165) is 13.2 Å². The van der Waals surface area contributed by atoms with Crippen molar-refractivity contribution in [3.05, 3.63) is 46.2 Å². The Kier molecular flexibility index (Phi) is 5.51. The number of methoxy groups -OCH3 is 3. The lowest BCUT2D eigenvalue weighted by Crippen LogP contribution is -2.62. The predicted octanol–water partition coefficient (Wildman–Crippen LogP) is 0.426. The molecule has 0 saturated heterocycles. The second-order valence-corrected chi connectivity index (χ2v) is 7.99. The van der Waals surface area contributed by atoms with Gasteiger partial charge in [0, 0.05) is 17.0 Å². The number of fused-ring (bicyclic) bond motifs is 2. The van der Waals surface area contributed by atoms with Crippen LogP contribution in [0.25, 0.3) is 10.8 Å². The first-order chi connectivity index (χ1) is 16.0. The van der Waals surface area contributed by atoms with Gasteiger partial charge in [-0.1, -0.05) is 0 Å². The zero-order valence-corrected chi connectivity index (χ0v) is 18.6. The lowest BCUT2D eigenvalue weighted by molar-refractivity contribution is -0.202. The SMILES string of the molecule is COC(=O)c1c(OC)cc2cc3c(c(O)c2c1C)C(=O)O[C@@H]3[C@@]1(O)[C@H](O)C(OC)=CC(=O)[C@@H]1O. The van der Waals surface area contributed by atoms with Gasteiger partial charge >= 0.3 is 11.9 Å². The normalized spacial score (nSPS) is 26.1. The summed E-state index contributed by atoms with van der Waals surface area (Å²) >= 11 is 0. The number of benzene rings is 2. The van der Waals surface area contributed by atoms with Crippen molar-refractivity contribution < 1.29 is 53.8 Å². The fourth-order valence-corrected chi connectivity index (χ4v) is 4.61. The third kappa shape index (κ3) is 2.98. The summed E-state index contributed by atoms with van der Waals surface area (Å²) in [4.78, 5) is 37.4. The predicted molar refractivity (Wildman–Crippen MR) is 113 cm³/mol. The van der Waals surface area contributed by atoms with Gasteiger partial charge in [-0.2, -0.15) is 0 Å². The molecule has 1 aliphatic carbocycles. The van der Waals surface area contributed by atoms with Crippen LogP contribution >= 0.6 is 0 Å². The van der Waals surface area contributed by atoms with Crippen LogP contribution in [0.5, 0.6) is 11.5 Å². The molecule has 11 heteroatoms. The second-order valence-electron chi connectivity index (χ2n) is 7.99. The van der Waals surface area contributed by atoms with Gasteiger partial charge in [0.25, 0.3) is 0 Å². The van der Waals surface area contributed by atoms with Gasteiger partial charge < -0.3 is 39.4 Å². The van der Waals surface area contributed by atoms with Crippen LogP contribution in [0, 0.1) is 6.92 Å². The van der Waals surface area contributed by atoms with E-state index in [0.29, 0.717) is 5.39 Å². The number of carbonyl (C=O) groups is 3. The Hall–Kier alpha value is -3.67. The van der Waals surface area contributed by atoms with Crippen LogP contribution in [0.2, 0.25) is 0 Å². The molecule has 2 aromatic carbocycles. The maximum atomic E-state index is 12.8.